The predicted octanol–water partition coefficient (Wildman–Crippen LogP) is 3.48. The fourth-order valence-electron chi connectivity index (χ4n) is 5.83. The van der Waals surface area contributed by atoms with Crippen LogP contribution in [0.25, 0.3) is 0 Å². The van der Waals surface area contributed by atoms with Gasteiger partial charge in [-0.05, 0) is 67.8 Å². The van der Waals surface area contributed by atoms with Gasteiger partial charge in [-0.3, -0.25) is 9.69 Å². The normalized spacial score (nSPS) is 32.9. The zero-order valence-electron chi connectivity index (χ0n) is 17.0. The average Bonchev–Trinajstić information content (AvgIpc) is 3.49. The van der Waals surface area contributed by atoms with E-state index in [1.54, 1.807) is 7.11 Å². The SMILES string of the molecule is CCN(CC1CC1)[C@@H]1Cc2ccc(OC)cc2[C@@]2(CC)CCC(=O)C[C@@]12O. The van der Waals surface area contributed by atoms with Gasteiger partial charge in [-0.25, -0.2) is 0 Å². The fourth-order valence-corrected chi connectivity index (χ4v) is 5.83. The van der Waals surface area contributed by atoms with E-state index >= 15 is 0 Å². The van der Waals surface area contributed by atoms with E-state index < -0.39 is 5.60 Å². The van der Waals surface area contributed by atoms with Crippen LogP contribution in [0.4, 0.5) is 0 Å². The molecule has 0 aliphatic heterocycles. The van der Waals surface area contributed by atoms with Crippen molar-refractivity contribution in [3.8, 4) is 5.75 Å². The second kappa shape index (κ2) is 6.89. The van der Waals surface area contributed by atoms with Gasteiger partial charge in [-0.2, -0.15) is 0 Å². The van der Waals surface area contributed by atoms with Gasteiger partial charge in [0.25, 0.3) is 0 Å². The molecule has 2 fully saturated rings. The Morgan fingerprint density at radius 1 is 1.30 bits per heavy atom. The molecule has 0 bridgehead atoms. The van der Waals surface area contributed by atoms with Crippen LogP contribution in [0.15, 0.2) is 18.2 Å². The Morgan fingerprint density at radius 2 is 2.07 bits per heavy atom. The topological polar surface area (TPSA) is 49.8 Å². The van der Waals surface area contributed by atoms with Crippen molar-refractivity contribution >= 4 is 5.78 Å². The van der Waals surface area contributed by atoms with Gasteiger partial charge < -0.3 is 9.84 Å². The van der Waals surface area contributed by atoms with Crippen molar-refractivity contribution in [2.45, 2.75) is 75.9 Å². The molecule has 0 aromatic heterocycles. The number of aliphatic hydroxyl groups is 1. The van der Waals surface area contributed by atoms with Crippen LogP contribution < -0.4 is 4.74 Å². The quantitative estimate of drug-likeness (QED) is 0.832. The minimum absolute atomic E-state index is 0.00759. The van der Waals surface area contributed by atoms with E-state index in [0.717, 1.165) is 44.0 Å². The van der Waals surface area contributed by atoms with Crippen LogP contribution in [-0.2, 0) is 16.6 Å². The maximum atomic E-state index is 12.5. The zero-order valence-corrected chi connectivity index (χ0v) is 17.0. The Hall–Kier alpha value is -1.39. The molecule has 3 atom stereocenters. The molecule has 0 saturated heterocycles. The van der Waals surface area contributed by atoms with E-state index in [-0.39, 0.29) is 23.7 Å². The maximum Gasteiger partial charge on any atom is 0.135 e. The summed E-state index contributed by atoms with van der Waals surface area (Å²) in [6, 6.07) is 6.34. The van der Waals surface area contributed by atoms with Crippen LogP contribution in [0.3, 0.4) is 0 Å². The first-order valence-corrected chi connectivity index (χ1v) is 10.6. The van der Waals surface area contributed by atoms with E-state index in [2.05, 4.69) is 30.9 Å². The minimum atomic E-state index is -0.999. The van der Waals surface area contributed by atoms with E-state index in [1.807, 2.05) is 6.07 Å². The Labute approximate surface area is 162 Å². The first-order chi connectivity index (χ1) is 13.0. The highest BCUT2D eigenvalue weighted by molar-refractivity contribution is 5.82. The van der Waals surface area contributed by atoms with Crippen molar-refractivity contribution < 1.29 is 14.6 Å². The molecular weight excluding hydrogens is 338 g/mol. The first kappa shape index (κ1) is 18.9. The molecule has 2 saturated carbocycles. The summed E-state index contributed by atoms with van der Waals surface area (Å²) in [6.07, 6.45) is 5.83. The van der Waals surface area contributed by atoms with Gasteiger partial charge in [0.2, 0.25) is 0 Å². The van der Waals surface area contributed by atoms with Gasteiger partial charge in [-0.15, -0.1) is 0 Å². The molecule has 148 valence electrons. The number of carbonyl (C=O) groups is 1. The second-order valence-electron chi connectivity index (χ2n) is 8.85. The van der Waals surface area contributed by atoms with Crippen LogP contribution in [0.5, 0.6) is 5.75 Å². The summed E-state index contributed by atoms with van der Waals surface area (Å²) >= 11 is 0. The number of methoxy groups -OCH3 is 1. The smallest absolute Gasteiger partial charge is 0.135 e. The number of ether oxygens (including phenoxy) is 1. The van der Waals surface area contributed by atoms with Crippen molar-refractivity contribution in [1.82, 2.24) is 4.90 Å². The standard InChI is InChI=1S/C23H33NO3/c1-4-22-11-10-18(25)14-23(22,26)21(24(5-2)15-16-6-7-16)12-17-8-9-19(27-3)13-20(17)22/h8-9,13,16,21,26H,4-7,10-12,14-15H2,1-3H3/t21-,22-,23-/m1/s1. The van der Waals surface area contributed by atoms with Crippen molar-refractivity contribution in [2.24, 2.45) is 5.92 Å². The Balaban J connectivity index is 1.84. The summed E-state index contributed by atoms with van der Waals surface area (Å²) in [5, 5.41) is 12.2. The van der Waals surface area contributed by atoms with Gasteiger partial charge in [-0.1, -0.05) is 19.9 Å². The lowest BCUT2D eigenvalue weighted by molar-refractivity contribution is -0.156. The van der Waals surface area contributed by atoms with E-state index in [1.165, 1.54) is 24.0 Å². The fraction of sp³-hybridized carbons (Fsp3) is 0.696. The molecule has 27 heavy (non-hydrogen) atoms. The van der Waals surface area contributed by atoms with Gasteiger partial charge in [0, 0.05) is 30.8 Å². The summed E-state index contributed by atoms with van der Waals surface area (Å²) < 4.78 is 5.50. The molecule has 1 aromatic rings. The Morgan fingerprint density at radius 3 is 2.70 bits per heavy atom. The number of rotatable bonds is 6. The molecular formula is C23H33NO3. The second-order valence-corrected chi connectivity index (χ2v) is 8.85. The lowest BCUT2D eigenvalue weighted by Gasteiger charge is -2.59. The number of nitrogens with zero attached hydrogens (tertiary/aromatic N) is 1. The summed E-state index contributed by atoms with van der Waals surface area (Å²) in [4.78, 5) is 15.0. The molecule has 0 heterocycles. The number of hydrogen-bond donors (Lipinski definition) is 1. The number of Topliss-reactive ketones (excluding diaryl/α,β-unsaturated/α-hetero) is 1. The lowest BCUT2D eigenvalue weighted by Crippen LogP contribution is -2.69. The van der Waals surface area contributed by atoms with E-state index in [9.17, 15) is 9.90 Å². The van der Waals surface area contributed by atoms with Crippen LogP contribution in [0.1, 0.15) is 63.5 Å². The van der Waals surface area contributed by atoms with Gasteiger partial charge in [0.1, 0.15) is 11.5 Å². The molecule has 4 heteroatoms. The monoisotopic (exact) mass is 371 g/mol. The highest BCUT2D eigenvalue weighted by Crippen LogP contribution is 2.55. The number of hydrogen-bond acceptors (Lipinski definition) is 4. The zero-order chi connectivity index (χ0) is 19.2. The van der Waals surface area contributed by atoms with Gasteiger partial charge in [0.15, 0.2) is 0 Å². The van der Waals surface area contributed by atoms with Crippen LogP contribution in [-0.4, -0.2) is 47.6 Å². The third-order valence-electron chi connectivity index (χ3n) is 7.56. The summed E-state index contributed by atoms with van der Waals surface area (Å²) in [5.41, 5.74) is 1.15. The number of ketones is 1. The molecule has 3 aliphatic carbocycles. The summed E-state index contributed by atoms with van der Waals surface area (Å²) in [7, 11) is 1.69. The molecule has 0 amide bonds. The molecule has 0 spiro atoms. The molecule has 1 aromatic carbocycles. The average molecular weight is 372 g/mol. The van der Waals surface area contributed by atoms with Crippen molar-refractivity contribution in [2.75, 3.05) is 20.2 Å². The molecule has 1 N–H and O–H groups in total. The third kappa shape index (κ3) is 2.92. The van der Waals surface area contributed by atoms with Crippen LogP contribution in [0.2, 0.25) is 0 Å². The van der Waals surface area contributed by atoms with Crippen LogP contribution in [0, 0.1) is 5.92 Å². The molecule has 4 rings (SSSR count). The summed E-state index contributed by atoms with van der Waals surface area (Å²) in [5.74, 6) is 1.81. The highest BCUT2D eigenvalue weighted by Gasteiger charge is 2.61. The molecule has 3 aliphatic rings. The molecule has 0 unspecified atom stereocenters. The summed E-state index contributed by atoms with van der Waals surface area (Å²) in [6.45, 7) is 6.32. The first-order valence-electron chi connectivity index (χ1n) is 10.6. The number of likely N-dealkylation sites (N-methyl/N-ethyl adjacent to an activating group) is 1. The molecule has 0 radical (unpaired) electrons. The largest absolute Gasteiger partial charge is 0.497 e. The highest BCUT2D eigenvalue weighted by atomic mass is 16.5. The van der Waals surface area contributed by atoms with E-state index in [4.69, 9.17) is 4.74 Å². The number of fused-ring (bicyclic) bond motifs is 3. The van der Waals surface area contributed by atoms with Crippen molar-refractivity contribution in [3.63, 3.8) is 0 Å². The third-order valence-corrected chi connectivity index (χ3v) is 7.56. The lowest BCUT2D eigenvalue weighted by atomic mass is 9.51. The van der Waals surface area contributed by atoms with Crippen molar-refractivity contribution in [1.29, 1.82) is 0 Å². The molecule has 4 nitrogen and oxygen atoms in total. The Bertz CT molecular complexity index is 728. The minimum Gasteiger partial charge on any atom is -0.497 e. The van der Waals surface area contributed by atoms with Crippen molar-refractivity contribution in [3.05, 3.63) is 29.3 Å². The predicted molar refractivity (Wildman–Crippen MR) is 106 cm³/mol. The van der Waals surface area contributed by atoms with Gasteiger partial charge in [0.05, 0.1) is 12.7 Å². The maximum absolute atomic E-state index is 12.5. The van der Waals surface area contributed by atoms with E-state index in [0.29, 0.717) is 6.42 Å². The Kier molecular flexibility index (Phi) is 4.84. The van der Waals surface area contributed by atoms with Crippen LogP contribution >= 0.6 is 0 Å². The van der Waals surface area contributed by atoms with Gasteiger partial charge >= 0.3 is 0 Å². The number of benzene rings is 1. The number of carbonyl (C=O) groups excluding carboxylic acids is 1.